The Labute approximate surface area is 191 Å². The Kier molecular flexibility index (Phi) is 7.13. The molecule has 3 aromatic carbocycles. The normalized spacial score (nSPS) is 11.0. The van der Waals surface area contributed by atoms with Crippen LogP contribution < -0.4 is 15.4 Å². The topological polar surface area (TPSA) is 67.4 Å². The minimum Gasteiger partial charge on any atom is -0.483 e. The Morgan fingerprint density at radius 1 is 0.903 bits per heavy atom. The molecule has 0 atom stereocenters. The monoisotopic (exact) mass is 480 g/mol. The molecule has 3 aromatic rings. The van der Waals surface area contributed by atoms with Crippen molar-refractivity contribution in [3.8, 4) is 16.9 Å². The number of rotatable bonds is 6. The first-order chi connectivity index (χ1) is 14.7. The van der Waals surface area contributed by atoms with Crippen LogP contribution in [0, 0.1) is 0 Å². The van der Waals surface area contributed by atoms with Crippen LogP contribution in [-0.4, -0.2) is 24.0 Å². The van der Waals surface area contributed by atoms with Gasteiger partial charge < -0.3 is 15.4 Å². The van der Waals surface area contributed by atoms with E-state index >= 15 is 0 Å². The van der Waals surface area contributed by atoms with E-state index < -0.39 is 0 Å². The predicted molar refractivity (Wildman–Crippen MR) is 127 cm³/mol. The van der Waals surface area contributed by atoms with Gasteiger partial charge in [-0.25, -0.2) is 0 Å². The minimum atomic E-state index is -0.379. The number of benzene rings is 3. The highest BCUT2D eigenvalue weighted by atomic mass is 79.9. The van der Waals surface area contributed by atoms with Crippen molar-refractivity contribution in [2.24, 2.45) is 0 Å². The number of hydrogen-bond donors (Lipinski definition) is 2. The van der Waals surface area contributed by atoms with Gasteiger partial charge in [0.05, 0.1) is 15.7 Å². The summed E-state index contributed by atoms with van der Waals surface area (Å²) < 4.78 is 6.44. The van der Waals surface area contributed by atoms with Crippen LogP contribution in [-0.2, 0) is 4.79 Å². The molecule has 0 aliphatic heterocycles. The summed E-state index contributed by atoms with van der Waals surface area (Å²) >= 11 is 3.51. The van der Waals surface area contributed by atoms with Crippen molar-refractivity contribution in [3.63, 3.8) is 0 Å². The molecular weight excluding hydrogens is 456 g/mol. The van der Waals surface area contributed by atoms with Gasteiger partial charge in [-0.2, -0.15) is 0 Å². The summed E-state index contributed by atoms with van der Waals surface area (Å²) in [6, 6.07) is 22.6. The summed E-state index contributed by atoms with van der Waals surface area (Å²) in [4.78, 5) is 25.0. The summed E-state index contributed by atoms with van der Waals surface area (Å²) in [6.45, 7) is 5.53. The Bertz CT molecular complexity index is 1080. The molecule has 0 aliphatic rings. The van der Waals surface area contributed by atoms with E-state index in [-0.39, 0.29) is 24.0 Å². The number of carbonyl (C=O) groups is 2. The first kappa shape index (κ1) is 22.6. The van der Waals surface area contributed by atoms with Gasteiger partial charge in [0.25, 0.3) is 11.8 Å². The molecule has 0 heterocycles. The number of nitrogens with one attached hydrogen (secondary N) is 2. The summed E-state index contributed by atoms with van der Waals surface area (Å²) in [6.07, 6.45) is 0. The van der Waals surface area contributed by atoms with E-state index in [9.17, 15) is 9.59 Å². The minimum absolute atomic E-state index is 0.182. The van der Waals surface area contributed by atoms with E-state index in [1.807, 2.05) is 69.3 Å². The van der Waals surface area contributed by atoms with E-state index in [0.717, 1.165) is 15.6 Å². The Balaban J connectivity index is 1.64. The second-order valence-electron chi connectivity index (χ2n) is 8.10. The average molecular weight is 481 g/mol. The molecule has 0 radical (unpaired) electrons. The lowest BCUT2D eigenvalue weighted by Gasteiger charge is -2.21. The van der Waals surface area contributed by atoms with Crippen molar-refractivity contribution >= 4 is 33.4 Å². The first-order valence-electron chi connectivity index (χ1n) is 9.92. The second kappa shape index (κ2) is 9.79. The molecule has 5 nitrogen and oxygen atoms in total. The van der Waals surface area contributed by atoms with Gasteiger partial charge >= 0.3 is 0 Å². The van der Waals surface area contributed by atoms with Crippen molar-refractivity contribution in [1.82, 2.24) is 5.32 Å². The van der Waals surface area contributed by atoms with Crippen molar-refractivity contribution < 1.29 is 14.3 Å². The maximum Gasteiger partial charge on any atom is 0.262 e. The van der Waals surface area contributed by atoms with Crippen LogP contribution in [0.25, 0.3) is 11.1 Å². The number of ether oxygens (including phenoxy) is 1. The summed E-state index contributed by atoms with van der Waals surface area (Å²) in [7, 11) is 0. The maximum absolute atomic E-state index is 12.5. The van der Waals surface area contributed by atoms with E-state index in [4.69, 9.17) is 4.74 Å². The van der Waals surface area contributed by atoms with Crippen LogP contribution in [0.15, 0.2) is 77.3 Å². The zero-order chi connectivity index (χ0) is 22.4. The maximum atomic E-state index is 12.5. The zero-order valence-electron chi connectivity index (χ0n) is 17.7. The van der Waals surface area contributed by atoms with Gasteiger partial charge in [-0.1, -0.05) is 48.5 Å². The SMILES string of the molecule is CC(C)(C)NC(=O)c1ccccc1NC(=O)COc1ccc(-c2ccccc2)cc1Br. The molecule has 0 saturated carbocycles. The number of hydrogen-bond acceptors (Lipinski definition) is 3. The van der Waals surface area contributed by atoms with Gasteiger partial charge in [0.2, 0.25) is 0 Å². The fraction of sp³-hybridized carbons (Fsp3) is 0.200. The molecule has 0 saturated heterocycles. The van der Waals surface area contributed by atoms with Gasteiger partial charge in [-0.3, -0.25) is 9.59 Å². The molecule has 0 spiro atoms. The number of anilines is 1. The number of halogens is 1. The molecule has 160 valence electrons. The summed E-state index contributed by atoms with van der Waals surface area (Å²) in [5.41, 5.74) is 2.60. The van der Waals surface area contributed by atoms with Crippen LogP contribution in [0.3, 0.4) is 0 Å². The second-order valence-corrected chi connectivity index (χ2v) is 8.95. The smallest absolute Gasteiger partial charge is 0.262 e. The van der Waals surface area contributed by atoms with Gasteiger partial charge in [0.15, 0.2) is 6.61 Å². The largest absolute Gasteiger partial charge is 0.483 e. The molecule has 0 fully saturated rings. The standard InChI is InChI=1S/C25H25BrN2O3/c1-25(2,3)28-24(30)19-11-7-8-12-21(19)27-23(29)16-31-22-14-13-18(15-20(22)26)17-9-5-4-6-10-17/h4-15H,16H2,1-3H3,(H,27,29)(H,28,30). The predicted octanol–water partition coefficient (Wildman–Crippen LogP) is 5.66. The van der Waals surface area contributed by atoms with Crippen molar-refractivity contribution in [2.45, 2.75) is 26.3 Å². The highest BCUT2D eigenvalue weighted by molar-refractivity contribution is 9.10. The van der Waals surface area contributed by atoms with Gasteiger partial charge in [-0.15, -0.1) is 0 Å². The molecular formula is C25H25BrN2O3. The molecule has 0 aliphatic carbocycles. The van der Waals surface area contributed by atoms with Crippen LogP contribution in [0.2, 0.25) is 0 Å². The van der Waals surface area contributed by atoms with E-state index in [0.29, 0.717) is 17.0 Å². The lowest BCUT2D eigenvalue weighted by atomic mass is 10.1. The zero-order valence-corrected chi connectivity index (χ0v) is 19.3. The molecule has 6 heteroatoms. The highest BCUT2D eigenvalue weighted by Crippen LogP contribution is 2.30. The lowest BCUT2D eigenvalue weighted by molar-refractivity contribution is -0.118. The summed E-state index contributed by atoms with van der Waals surface area (Å²) in [5, 5.41) is 5.67. The summed E-state index contributed by atoms with van der Waals surface area (Å²) in [5.74, 6) is -0.0350. The fourth-order valence-electron chi connectivity index (χ4n) is 2.96. The number of carbonyl (C=O) groups excluding carboxylic acids is 2. The molecule has 0 unspecified atom stereocenters. The van der Waals surface area contributed by atoms with Crippen LogP contribution in [0.5, 0.6) is 5.75 Å². The van der Waals surface area contributed by atoms with Gasteiger partial charge in [-0.05, 0) is 72.1 Å². The van der Waals surface area contributed by atoms with E-state index in [1.165, 1.54) is 0 Å². The first-order valence-corrected chi connectivity index (χ1v) is 10.7. The lowest BCUT2D eigenvalue weighted by Crippen LogP contribution is -2.41. The van der Waals surface area contributed by atoms with Crippen molar-refractivity contribution in [2.75, 3.05) is 11.9 Å². The fourth-order valence-corrected chi connectivity index (χ4v) is 3.45. The van der Waals surface area contributed by atoms with Crippen LogP contribution in [0.1, 0.15) is 31.1 Å². The Morgan fingerprint density at radius 3 is 2.26 bits per heavy atom. The van der Waals surface area contributed by atoms with E-state index in [2.05, 4.69) is 26.6 Å². The van der Waals surface area contributed by atoms with Crippen molar-refractivity contribution in [3.05, 3.63) is 82.8 Å². The van der Waals surface area contributed by atoms with E-state index in [1.54, 1.807) is 24.3 Å². The number of para-hydroxylation sites is 1. The highest BCUT2D eigenvalue weighted by Gasteiger charge is 2.18. The van der Waals surface area contributed by atoms with Crippen molar-refractivity contribution in [1.29, 1.82) is 0 Å². The third kappa shape index (κ3) is 6.43. The quantitative estimate of drug-likeness (QED) is 0.478. The molecule has 2 amide bonds. The molecule has 0 bridgehead atoms. The third-order valence-electron chi connectivity index (χ3n) is 4.33. The molecule has 0 aromatic heterocycles. The average Bonchev–Trinajstić information content (AvgIpc) is 2.72. The molecule has 31 heavy (non-hydrogen) atoms. The van der Waals surface area contributed by atoms with Crippen LogP contribution >= 0.6 is 15.9 Å². The number of amides is 2. The molecule has 3 rings (SSSR count). The third-order valence-corrected chi connectivity index (χ3v) is 4.95. The van der Waals surface area contributed by atoms with Gasteiger partial charge in [0.1, 0.15) is 5.75 Å². The van der Waals surface area contributed by atoms with Gasteiger partial charge in [0, 0.05) is 5.54 Å². The van der Waals surface area contributed by atoms with Crippen LogP contribution in [0.4, 0.5) is 5.69 Å². The molecule has 2 N–H and O–H groups in total. The Morgan fingerprint density at radius 2 is 1.58 bits per heavy atom. The Hall–Kier alpha value is -3.12.